The summed E-state index contributed by atoms with van der Waals surface area (Å²) in [5, 5.41) is 7.47. The zero-order chi connectivity index (χ0) is 19.1. The van der Waals surface area contributed by atoms with Gasteiger partial charge in [-0.05, 0) is 43.9 Å². The third-order valence-corrected chi connectivity index (χ3v) is 5.06. The minimum atomic E-state index is -0.162. The minimum Gasteiger partial charge on any atom is -0.350 e. The Labute approximate surface area is 162 Å². The molecule has 1 aliphatic rings. The van der Waals surface area contributed by atoms with Crippen LogP contribution in [0.4, 0.5) is 0 Å². The topological polar surface area (TPSA) is 77.1 Å². The van der Waals surface area contributed by atoms with Gasteiger partial charge in [-0.3, -0.25) is 14.2 Å². The summed E-state index contributed by atoms with van der Waals surface area (Å²) in [6, 6.07) is 10.0. The number of hydrogen-bond donors (Lipinski definition) is 1. The molecule has 3 heterocycles. The molecule has 1 amide bonds. The van der Waals surface area contributed by atoms with Gasteiger partial charge >= 0.3 is 0 Å². The number of carbonyl (C=O) groups is 1. The summed E-state index contributed by atoms with van der Waals surface area (Å²) < 4.78 is 3.72. The predicted octanol–water partition coefficient (Wildman–Crippen LogP) is 3.03. The van der Waals surface area contributed by atoms with Crippen molar-refractivity contribution in [3.63, 3.8) is 0 Å². The van der Waals surface area contributed by atoms with Crippen molar-refractivity contribution in [1.82, 2.24) is 29.5 Å². The van der Waals surface area contributed by atoms with Crippen LogP contribution in [0, 0.1) is 12.8 Å². The van der Waals surface area contributed by atoms with E-state index in [1.165, 1.54) is 18.4 Å². The smallest absolute Gasteiger partial charge is 0.272 e. The molecule has 0 spiro atoms. The number of imidazole rings is 1. The number of nitrogens with one attached hydrogen (secondary N) is 1. The Hall–Kier alpha value is -3.48. The van der Waals surface area contributed by atoms with Crippen LogP contribution in [0.2, 0.25) is 0 Å². The molecule has 1 aromatic carbocycles. The number of nitrogens with zero attached hydrogens (tertiary/aromatic N) is 5. The zero-order valence-electron chi connectivity index (χ0n) is 15.5. The molecule has 7 nitrogen and oxygen atoms in total. The third-order valence-electron chi connectivity index (χ3n) is 5.06. The molecule has 0 atom stereocenters. The molecule has 140 valence electrons. The first-order chi connectivity index (χ1) is 13.7. The van der Waals surface area contributed by atoms with E-state index < -0.39 is 0 Å². The summed E-state index contributed by atoms with van der Waals surface area (Å²) >= 11 is 0. The molecule has 0 aliphatic heterocycles. The summed E-state index contributed by atoms with van der Waals surface area (Å²) in [4.78, 5) is 21.6. The lowest BCUT2D eigenvalue weighted by molar-refractivity contribution is 0.0949. The van der Waals surface area contributed by atoms with Gasteiger partial charge in [0.2, 0.25) is 0 Å². The van der Waals surface area contributed by atoms with Gasteiger partial charge in [0.25, 0.3) is 5.91 Å². The molecule has 1 fully saturated rings. The van der Waals surface area contributed by atoms with E-state index >= 15 is 0 Å². The molecule has 3 aromatic heterocycles. The number of carbonyl (C=O) groups excluding carboxylic acids is 1. The van der Waals surface area contributed by atoms with Crippen LogP contribution in [0.15, 0.2) is 55.1 Å². The lowest BCUT2D eigenvalue weighted by Crippen LogP contribution is -2.26. The van der Waals surface area contributed by atoms with E-state index in [9.17, 15) is 4.79 Å². The minimum absolute atomic E-state index is 0.162. The highest BCUT2D eigenvalue weighted by molar-refractivity contribution is 5.99. The molecule has 0 unspecified atom stereocenters. The van der Waals surface area contributed by atoms with Gasteiger partial charge in [0.1, 0.15) is 5.69 Å². The lowest BCUT2D eigenvalue weighted by Gasteiger charge is -2.07. The Kier molecular flexibility index (Phi) is 3.93. The van der Waals surface area contributed by atoms with E-state index in [-0.39, 0.29) is 5.91 Å². The van der Waals surface area contributed by atoms with Gasteiger partial charge in [-0.2, -0.15) is 5.10 Å². The molecule has 28 heavy (non-hydrogen) atoms. The normalized spacial score (nSPS) is 13.8. The van der Waals surface area contributed by atoms with Crippen LogP contribution < -0.4 is 5.32 Å². The quantitative estimate of drug-likeness (QED) is 0.584. The first kappa shape index (κ1) is 16.7. The van der Waals surface area contributed by atoms with Crippen LogP contribution in [0.1, 0.15) is 28.9 Å². The van der Waals surface area contributed by atoms with E-state index in [0.717, 1.165) is 11.4 Å². The molecule has 1 saturated carbocycles. The molecule has 0 saturated heterocycles. The van der Waals surface area contributed by atoms with Gasteiger partial charge in [-0.1, -0.05) is 17.7 Å². The number of benzene rings is 1. The van der Waals surface area contributed by atoms with E-state index in [2.05, 4.69) is 27.3 Å². The van der Waals surface area contributed by atoms with Gasteiger partial charge in [-0.15, -0.1) is 0 Å². The number of amides is 1. The number of fused-ring (bicyclic) bond motifs is 1. The average molecular weight is 372 g/mol. The maximum Gasteiger partial charge on any atom is 0.272 e. The van der Waals surface area contributed by atoms with Crippen LogP contribution in [-0.2, 0) is 0 Å². The van der Waals surface area contributed by atoms with Crippen molar-refractivity contribution in [2.45, 2.75) is 19.8 Å². The molecule has 0 bridgehead atoms. The van der Waals surface area contributed by atoms with Crippen LogP contribution in [-0.4, -0.2) is 36.6 Å². The average Bonchev–Trinajstić information content (AvgIpc) is 3.28. The first-order valence-electron chi connectivity index (χ1n) is 9.42. The fraction of sp³-hybridized carbons (Fsp3) is 0.238. The van der Waals surface area contributed by atoms with Crippen molar-refractivity contribution in [3.8, 4) is 17.2 Å². The van der Waals surface area contributed by atoms with Gasteiger partial charge < -0.3 is 5.32 Å². The summed E-state index contributed by atoms with van der Waals surface area (Å²) in [6.45, 7) is 2.75. The summed E-state index contributed by atoms with van der Waals surface area (Å²) in [5.74, 6) is 1.11. The molecule has 7 heteroatoms. The monoisotopic (exact) mass is 372 g/mol. The zero-order valence-corrected chi connectivity index (χ0v) is 15.5. The van der Waals surface area contributed by atoms with Crippen molar-refractivity contribution in [2.24, 2.45) is 5.92 Å². The molecule has 0 radical (unpaired) electrons. The van der Waals surface area contributed by atoms with Crippen molar-refractivity contribution >= 4 is 11.4 Å². The second-order valence-corrected chi connectivity index (χ2v) is 7.23. The highest BCUT2D eigenvalue weighted by Gasteiger charge is 2.25. The molecule has 1 aliphatic carbocycles. The summed E-state index contributed by atoms with van der Waals surface area (Å²) in [7, 11) is 0. The second-order valence-electron chi connectivity index (χ2n) is 7.23. The summed E-state index contributed by atoms with van der Waals surface area (Å²) in [5.41, 5.74) is 4.01. The summed E-state index contributed by atoms with van der Waals surface area (Å²) in [6.07, 6.45) is 9.30. The molecule has 1 N–H and O–H groups in total. The molecular formula is C21H20N6O. The fourth-order valence-corrected chi connectivity index (χ4v) is 3.29. The Balaban J connectivity index is 1.59. The number of rotatable bonds is 5. The number of aromatic nitrogens is 5. The van der Waals surface area contributed by atoms with Gasteiger partial charge in [-0.25, -0.2) is 9.67 Å². The van der Waals surface area contributed by atoms with Crippen LogP contribution in [0.3, 0.4) is 0 Å². The Morgan fingerprint density at radius 2 is 2.00 bits per heavy atom. The van der Waals surface area contributed by atoms with Crippen molar-refractivity contribution < 1.29 is 4.79 Å². The van der Waals surface area contributed by atoms with E-state index in [1.54, 1.807) is 18.6 Å². The molecule has 4 aromatic rings. The molecule has 5 rings (SSSR count). The lowest BCUT2D eigenvalue weighted by atomic mass is 10.2. The SMILES string of the molecule is Cc1ccc(-n2nccc2-c2nc(C(=O)NCC3CC3)c3cnccn23)cc1. The van der Waals surface area contributed by atoms with Gasteiger partial charge in [0.15, 0.2) is 11.5 Å². The van der Waals surface area contributed by atoms with Crippen LogP contribution >= 0.6 is 0 Å². The Morgan fingerprint density at radius 1 is 1.18 bits per heavy atom. The Bertz CT molecular complexity index is 1150. The van der Waals surface area contributed by atoms with Gasteiger partial charge in [0, 0.05) is 18.9 Å². The Morgan fingerprint density at radius 3 is 2.79 bits per heavy atom. The third kappa shape index (κ3) is 2.94. The van der Waals surface area contributed by atoms with Crippen LogP contribution in [0.25, 0.3) is 22.7 Å². The largest absolute Gasteiger partial charge is 0.350 e. The van der Waals surface area contributed by atoms with E-state index in [1.807, 2.05) is 45.6 Å². The van der Waals surface area contributed by atoms with E-state index in [0.29, 0.717) is 29.5 Å². The standard InChI is InChI=1S/C21H20N6O/c1-14-2-6-16(7-3-14)27-17(8-9-24-27)20-25-19(18-13-22-10-11-26(18)20)21(28)23-12-15-4-5-15/h2-3,6-11,13,15H,4-5,12H2,1H3,(H,23,28). The second kappa shape index (κ2) is 6.60. The predicted molar refractivity (Wildman–Crippen MR) is 105 cm³/mol. The first-order valence-corrected chi connectivity index (χ1v) is 9.42. The van der Waals surface area contributed by atoms with E-state index in [4.69, 9.17) is 0 Å². The molecular weight excluding hydrogens is 352 g/mol. The maximum absolute atomic E-state index is 12.7. The number of hydrogen-bond acceptors (Lipinski definition) is 4. The highest BCUT2D eigenvalue weighted by atomic mass is 16.1. The van der Waals surface area contributed by atoms with Crippen molar-refractivity contribution in [1.29, 1.82) is 0 Å². The number of aryl methyl sites for hydroxylation is 1. The highest BCUT2D eigenvalue weighted by Crippen LogP contribution is 2.28. The fourth-order valence-electron chi connectivity index (χ4n) is 3.29. The van der Waals surface area contributed by atoms with Crippen molar-refractivity contribution in [3.05, 3.63) is 66.4 Å². The van der Waals surface area contributed by atoms with Crippen molar-refractivity contribution in [2.75, 3.05) is 6.54 Å². The van der Waals surface area contributed by atoms with Crippen LogP contribution in [0.5, 0.6) is 0 Å². The maximum atomic E-state index is 12.7. The van der Waals surface area contributed by atoms with Gasteiger partial charge in [0.05, 0.1) is 23.6 Å².